The normalized spacial score (nSPS) is 14.5. The van der Waals surface area contributed by atoms with Crippen LogP contribution in [0.5, 0.6) is 0 Å². The van der Waals surface area contributed by atoms with Crippen molar-refractivity contribution in [3.05, 3.63) is 36.5 Å². The molecule has 3 unspecified atom stereocenters. The number of carbonyl (C=O) groups is 1. The molecule has 0 fully saturated rings. The van der Waals surface area contributed by atoms with E-state index in [1.165, 1.54) is 135 Å². The molecule has 9 heteroatoms. The van der Waals surface area contributed by atoms with Gasteiger partial charge in [-0.3, -0.25) is 9.36 Å². The van der Waals surface area contributed by atoms with Gasteiger partial charge < -0.3 is 28.8 Å². The Morgan fingerprint density at radius 3 is 1.47 bits per heavy atom. The van der Waals surface area contributed by atoms with Crippen molar-refractivity contribution in [2.75, 3.05) is 40.9 Å². The van der Waals surface area contributed by atoms with E-state index < -0.39 is 26.6 Å². The predicted molar refractivity (Wildman–Crippen MR) is 247 cm³/mol. The Labute approximate surface area is 359 Å². The third-order valence-electron chi connectivity index (χ3n) is 10.8. The first kappa shape index (κ1) is 56.7. The molecule has 0 aliphatic rings. The smallest absolute Gasteiger partial charge is 0.268 e. The van der Waals surface area contributed by atoms with Gasteiger partial charge in [-0.05, 0) is 51.4 Å². The lowest BCUT2D eigenvalue weighted by molar-refractivity contribution is -0.870. The van der Waals surface area contributed by atoms with E-state index in [0.29, 0.717) is 17.4 Å². The zero-order chi connectivity index (χ0) is 42.8. The Bertz CT molecular complexity index is 1040. The molecule has 0 radical (unpaired) electrons. The number of likely N-dealkylation sites (N-methyl/N-ethyl adjacent to an activating group) is 1. The first-order valence-corrected chi connectivity index (χ1v) is 25.8. The number of allylic oxidation sites excluding steroid dienone is 5. The summed E-state index contributed by atoms with van der Waals surface area (Å²) in [6.45, 7) is 4.56. The molecule has 0 saturated heterocycles. The average Bonchev–Trinajstić information content (AvgIpc) is 3.17. The van der Waals surface area contributed by atoms with E-state index in [9.17, 15) is 19.4 Å². The number of aliphatic hydroxyl groups excluding tert-OH is 1. The highest BCUT2D eigenvalue weighted by Crippen LogP contribution is 2.38. The molecule has 0 aromatic carbocycles. The minimum absolute atomic E-state index is 0.00804. The topological polar surface area (TPSA) is 108 Å². The van der Waals surface area contributed by atoms with Gasteiger partial charge in [0.05, 0.1) is 39.9 Å². The van der Waals surface area contributed by atoms with Crippen LogP contribution in [0, 0.1) is 0 Å². The number of amides is 1. The molecule has 2 N–H and O–H groups in total. The van der Waals surface area contributed by atoms with E-state index in [1.54, 1.807) is 6.08 Å². The molecule has 0 aliphatic heterocycles. The van der Waals surface area contributed by atoms with Crippen LogP contribution in [0.3, 0.4) is 0 Å². The third-order valence-corrected chi connectivity index (χ3v) is 11.8. The second-order valence-corrected chi connectivity index (χ2v) is 19.2. The minimum atomic E-state index is -4.59. The molecule has 342 valence electrons. The maximum Gasteiger partial charge on any atom is 0.268 e. The van der Waals surface area contributed by atoms with Gasteiger partial charge in [0, 0.05) is 6.42 Å². The van der Waals surface area contributed by atoms with E-state index in [0.717, 1.165) is 64.2 Å². The van der Waals surface area contributed by atoms with Crippen LogP contribution in [-0.2, 0) is 18.4 Å². The molecule has 3 atom stereocenters. The van der Waals surface area contributed by atoms with Gasteiger partial charge in [0.2, 0.25) is 5.91 Å². The number of phosphoric ester groups is 1. The van der Waals surface area contributed by atoms with E-state index in [1.807, 2.05) is 27.2 Å². The molecule has 58 heavy (non-hydrogen) atoms. The minimum Gasteiger partial charge on any atom is -0.756 e. The van der Waals surface area contributed by atoms with Gasteiger partial charge in [0.25, 0.3) is 7.82 Å². The Hall–Kier alpha value is -1.28. The summed E-state index contributed by atoms with van der Waals surface area (Å²) in [6, 6.07) is -0.905. The fraction of sp³-hybridized carbons (Fsp3) is 0.857. The number of phosphoric acid groups is 1. The number of carbonyl (C=O) groups excluding carboxylic acids is 1. The first-order valence-electron chi connectivity index (χ1n) is 24.4. The largest absolute Gasteiger partial charge is 0.756 e. The number of hydrogen-bond donors (Lipinski definition) is 2. The molecule has 1 amide bonds. The van der Waals surface area contributed by atoms with Gasteiger partial charge in [-0.25, -0.2) is 0 Å². The van der Waals surface area contributed by atoms with Crippen LogP contribution < -0.4 is 10.2 Å². The zero-order valence-corrected chi connectivity index (χ0v) is 39.6. The quantitative estimate of drug-likeness (QED) is 0.0274. The molecule has 0 spiro atoms. The molecule has 0 heterocycles. The lowest BCUT2D eigenvalue weighted by Gasteiger charge is -2.29. The van der Waals surface area contributed by atoms with Crippen molar-refractivity contribution in [3.8, 4) is 0 Å². The molecule has 8 nitrogen and oxygen atoms in total. The Morgan fingerprint density at radius 2 is 1.00 bits per heavy atom. The van der Waals surface area contributed by atoms with Gasteiger partial charge in [-0.15, -0.1) is 0 Å². The second kappa shape index (κ2) is 41.1. The molecule has 0 saturated carbocycles. The number of rotatable bonds is 44. The lowest BCUT2D eigenvalue weighted by atomic mass is 10.0. The highest BCUT2D eigenvalue weighted by atomic mass is 31.2. The first-order chi connectivity index (χ1) is 28.0. The van der Waals surface area contributed by atoms with Crippen molar-refractivity contribution < 1.29 is 32.9 Å². The van der Waals surface area contributed by atoms with Crippen LogP contribution in [0.4, 0.5) is 0 Å². The van der Waals surface area contributed by atoms with Crippen LogP contribution in [0.25, 0.3) is 0 Å². The maximum absolute atomic E-state index is 12.8. The summed E-state index contributed by atoms with van der Waals surface area (Å²) in [5, 5.41) is 13.7. The standard InChI is InChI=1S/C49H95N2O6P/c1-6-8-10-12-14-16-18-19-20-21-22-23-24-25-26-27-28-29-30-31-32-33-34-36-38-40-42-48(52)47(46-57-58(54,55)56-45-44-51(3,4)5)50-49(53)43-41-39-37-35-17-15-13-11-9-7-2/h11,13,33-34,40,42,47-48,52H,6-10,12,14-32,35-39,41,43-46H2,1-5H3,(H-,50,53,54,55)/b13-11-,34-33+,42-40+. The average molecular weight is 839 g/mol. The zero-order valence-electron chi connectivity index (χ0n) is 38.8. The van der Waals surface area contributed by atoms with E-state index in [-0.39, 0.29) is 12.5 Å². The Balaban J connectivity index is 4.23. The van der Waals surface area contributed by atoms with Crippen molar-refractivity contribution in [2.45, 2.75) is 231 Å². The maximum atomic E-state index is 12.8. The number of hydrogen-bond acceptors (Lipinski definition) is 6. The summed E-state index contributed by atoms with van der Waals surface area (Å²) >= 11 is 0. The van der Waals surface area contributed by atoms with Crippen LogP contribution in [-0.4, -0.2) is 68.5 Å². The van der Waals surface area contributed by atoms with Crippen molar-refractivity contribution in [3.63, 3.8) is 0 Å². The number of aliphatic hydroxyl groups is 1. The van der Waals surface area contributed by atoms with E-state index in [2.05, 4.69) is 43.5 Å². The van der Waals surface area contributed by atoms with Crippen LogP contribution in [0.2, 0.25) is 0 Å². The molecular weight excluding hydrogens is 744 g/mol. The summed E-state index contributed by atoms with van der Waals surface area (Å²) in [7, 11) is 1.24. The highest BCUT2D eigenvalue weighted by Gasteiger charge is 2.23. The van der Waals surface area contributed by atoms with Crippen LogP contribution in [0.15, 0.2) is 36.5 Å². The predicted octanol–water partition coefficient (Wildman–Crippen LogP) is 13.2. The molecule has 0 rings (SSSR count). The Morgan fingerprint density at radius 1 is 0.586 bits per heavy atom. The second-order valence-electron chi connectivity index (χ2n) is 17.8. The highest BCUT2D eigenvalue weighted by molar-refractivity contribution is 7.45. The van der Waals surface area contributed by atoms with E-state index in [4.69, 9.17) is 9.05 Å². The van der Waals surface area contributed by atoms with Crippen molar-refractivity contribution >= 4 is 13.7 Å². The third kappa shape index (κ3) is 42.8. The number of nitrogens with one attached hydrogen (secondary N) is 1. The summed E-state index contributed by atoms with van der Waals surface area (Å²) in [5.41, 5.74) is 0. The van der Waals surface area contributed by atoms with Crippen LogP contribution in [0.1, 0.15) is 219 Å². The van der Waals surface area contributed by atoms with Gasteiger partial charge in [-0.1, -0.05) is 198 Å². The van der Waals surface area contributed by atoms with E-state index >= 15 is 0 Å². The summed E-state index contributed by atoms with van der Waals surface area (Å²) in [4.78, 5) is 25.2. The molecule has 0 aromatic rings. The van der Waals surface area contributed by atoms with Gasteiger partial charge >= 0.3 is 0 Å². The molecule has 0 bridgehead atoms. The summed E-state index contributed by atoms with van der Waals surface area (Å²) in [6.07, 6.45) is 50.8. The fourth-order valence-corrected chi connectivity index (χ4v) is 7.66. The monoisotopic (exact) mass is 839 g/mol. The lowest BCUT2D eigenvalue weighted by Crippen LogP contribution is -2.45. The number of unbranched alkanes of at least 4 members (excludes halogenated alkanes) is 27. The van der Waals surface area contributed by atoms with Crippen LogP contribution >= 0.6 is 7.82 Å². The van der Waals surface area contributed by atoms with Crippen molar-refractivity contribution in [2.24, 2.45) is 0 Å². The number of quaternary nitrogens is 1. The fourth-order valence-electron chi connectivity index (χ4n) is 6.94. The molecule has 0 aromatic heterocycles. The van der Waals surface area contributed by atoms with Gasteiger partial charge in [-0.2, -0.15) is 0 Å². The molecular formula is C49H95N2O6P. The van der Waals surface area contributed by atoms with Crippen molar-refractivity contribution in [1.29, 1.82) is 0 Å². The molecule has 0 aliphatic carbocycles. The number of nitrogens with zero attached hydrogens (tertiary/aromatic N) is 1. The summed E-state index contributed by atoms with van der Waals surface area (Å²) in [5.74, 6) is -0.219. The van der Waals surface area contributed by atoms with Gasteiger partial charge in [0.1, 0.15) is 13.2 Å². The SMILES string of the molecule is CCC/C=C\CCCCCCCC(=O)NC(COP(=O)([O-])OCC[N+](C)(C)C)C(O)/C=C/CC/C=C/CCCCCCCCCCCCCCCCCCCCCC. The summed E-state index contributed by atoms with van der Waals surface area (Å²) < 4.78 is 23.2. The Kier molecular flexibility index (Phi) is 40.2. The van der Waals surface area contributed by atoms with Gasteiger partial charge in [0.15, 0.2) is 0 Å². The van der Waals surface area contributed by atoms with Crippen molar-refractivity contribution in [1.82, 2.24) is 5.32 Å².